The minimum Gasteiger partial charge on any atom is -0.398 e. The van der Waals surface area contributed by atoms with Gasteiger partial charge >= 0.3 is 0 Å². The molecule has 0 aliphatic heterocycles. The van der Waals surface area contributed by atoms with Crippen molar-refractivity contribution in [1.82, 2.24) is 0 Å². The van der Waals surface area contributed by atoms with Crippen molar-refractivity contribution >= 4 is 49.3 Å². The Bertz CT molecular complexity index is 325. The summed E-state index contributed by atoms with van der Waals surface area (Å²) < 4.78 is 1.98. The molecule has 0 amide bonds. The number of hydrogen-bond donors (Lipinski definition) is 1. The van der Waals surface area contributed by atoms with Gasteiger partial charge in [-0.25, -0.2) is 0 Å². The van der Waals surface area contributed by atoms with E-state index in [-0.39, 0.29) is 0 Å². The van der Waals surface area contributed by atoms with Crippen LogP contribution in [0.25, 0.3) is 0 Å². The summed E-state index contributed by atoms with van der Waals surface area (Å²) in [5, 5.41) is 0. The zero-order valence-corrected chi connectivity index (χ0v) is 10.9. The van der Waals surface area contributed by atoms with Crippen molar-refractivity contribution in [2.45, 2.75) is 4.90 Å². The highest BCUT2D eigenvalue weighted by molar-refractivity contribution is 9.11. The van der Waals surface area contributed by atoms with Crippen molar-refractivity contribution in [2.24, 2.45) is 0 Å². The van der Waals surface area contributed by atoms with Crippen LogP contribution in [-0.2, 0) is 0 Å². The maximum atomic E-state index is 5.81. The molecule has 2 N–H and O–H groups in total. The van der Waals surface area contributed by atoms with Crippen LogP contribution in [0.15, 0.2) is 38.6 Å². The smallest absolute Gasteiger partial charge is 0.0463 e. The fraction of sp³-hybridized carbons (Fsp3) is 0.111. The van der Waals surface area contributed by atoms with Crippen LogP contribution in [0.1, 0.15) is 0 Å². The van der Waals surface area contributed by atoms with E-state index in [0.717, 1.165) is 25.3 Å². The van der Waals surface area contributed by atoms with Crippen molar-refractivity contribution < 1.29 is 0 Å². The summed E-state index contributed by atoms with van der Waals surface area (Å²) in [6.07, 6.45) is 0. The molecule has 70 valence electrons. The van der Waals surface area contributed by atoms with E-state index in [2.05, 4.69) is 38.4 Å². The van der Waals surface area contributed by atoms with Crippen LogP contribution >= 0.6 is 43.6 Å². The molecule has 0 aromatic heterocycles. The molecular weight excluding hydrogens is 314 g/mol. The third-order valence-electron chi connectivity index (χ3n) is 1.36. The van der Waals surface area contributed by atoms with Crippen LogP contribution in [0.3, 0.4) is 0 Å². The van der Waals surface area contributed by atoms with Gasteiger partial charge in [0.15, 0.2) is 0 Å². The monoisotopic (exact) mass is 321 g/mol. The van der Waals surface area contributed by atoms with E-state index in [1.54, 1.807) is 11.8 Å². The lowest BCUT2D eigenvalue weighted by Gasteiger charge is -2.04. The lowest BCUT2D eigenvalue weighted by molar-refractivity contribution is 1.44. The van der Waals surface area contributed by atoms with Crippen molar-refractivity contribution in [3.8, 4) is 0 Å². The summed E-state index contributed by atoms with van der Waals surface area (Å²) in [5.41, 5.74) is 6.61. The predicted molar refractivity (Wildman–Crippen MR) is 67.3 cm³/mol. The second-order valence-corrected chi connectivity index (χ2v) is 5.54. The SMILES string of the molecule is C=C(Br)CSc1ccc(Br)cc1N. The molecule has 0 bridgehead atoms. The normalized spacial score (nSPS) is 10.0. The maximum absolute atomic E-state index is 5.81. The fourth-order valence-corrected chi connectivity index (χ4v) is 2.23. The summed E-state index contributed by atoms with van der Waals surface area (Å²) >= 11 is 8.34. The summed E-state index contributed by atoms with van der Waals surface area (Å²) in [7, 11) is 0. The standard InChI is InChI=1S/C9H9Br2NS/c1-6(10)5-13-9-3-2-7(11)4-8(9)12/h2-4H,1,5,12H2. The van der Waals surface area contributed by atoms with E-state index < -0.39 is 0 Å². The Morgan fingerprint density at radius 2 is 2.23 bits per heavy atom. The van der Waals surface area contributed by atoms with Gasteiger partial charge in [-0.2, -0.15) is 0 Å². The summed E-state index contributed by atoms with van der Waals surface area (Å²) in [5.74, 6) is 0.839. The molecule has 0 spiro atoms. The molecule has 0 saturated carbocycles. The number of benzene rings is 1. The van der Waals surface area contributed by atoms with Gasteiger partial charge in [0.2, 0.25) is 0 Å². The van der Waals surface area contributed by atoms with Crippen LogP contribution in [0.2, 0.25) is 0 Å². The first-order chi connectivity index (χ1) is 6.09. The Morgan fingerprint density at radius 1 is 1.54 bits per heavy atom. The Kier molecular flexibility index (Phi) is 4.35. The van der Waals surface area contributed by atoms with Gasteiger partial charge in [0.25, 0.3) is 0 Å². The molecule has 0 aliphatic carbocycles. The molecule has 1 rings (SSSR count). The van der Waals surface area contributed by atoms with Gasteiger partial charge in [-0.3, -0.25) is 0 Å². The lowest BCUT2D eigenvalue weighted by Crippen LogP contribution is -1.88. The third-order valence-corrected chi connectivity index (χ3v) is 3.68. The molecule has 0 atom stereocenters. The van der Waals surface area contributed by atoms with E-state index in [1.165, 1.54) is 0 Å². The van der Waals surface area contributed by atoms with E-state index in [4.69, 9.17) is 5.73 Å². The first-order valence-electron chi connectivity index (χ1n) is 3.60. The highest BCUT2D eigenvalue weighted by Crippen LogP contribution is 2.29. The second-order valence-electron chi connectivity index (χ2n) is 2.49. The molecule has 4 heteroatoms. The molecule has 0 heterocycles. The Labute approximate surface area is 99.0 Å². The third kappa shape index (κ3) is 3.75. The maximum Gasteiger partial charge on any atom is 0.0463 e. The Balaban J connectivity index is 2.72. The first-order valence-corrected chi connectivity index (χ1v) is 6.18. The summed E-state index contributed by atoms with van der Waals surface area (Å²) in [4.78, 5) is 1.09. The number of halogens is 2. The van der Waals surface area contributed by atoms with Crippen molar-refractivity contribution in [3.05, 3.63) is 33.7 Å². The minimum absolute atomic E-state index is 0.799. The Morgan fingerprint density at radius 3 is 2.77 bits per heavy atom. The molecule has 1 aromatic rings. The van der Waals surface area contributed by atoms with Crippen molar-refractivity contribution in [2.75, 3.05) is 11.5 Å². The molecule has 0 saturated heterocycles. The van der Waals surface area contributed by atoms with Crippen LogP contribution in [0.4, 0.5) is 5.69 Å². The number of nitrogens with two attached hydrogens (primary N) is 1. The molecule has 0 fully saturated rings. The lowest BCUT2D eigenvalue weighted by atomic mass is 10.3. The van der Waals surface area contributed by atoms with Crippen LogP contribution in [0, 0.1) is 0 Å². The number of anilines is 1. The minimum atomic E-state index is 0.799. The quantitative estimate of drug-likeness (QED) is 0.671. The van der Waals surface area contributed by atoms with Crippen LogP contribution in [-0.4, -0.2) is 5.75 Å². The number of nitrogen functional groups attached to an aromatic ring is 1. The van der Waals surface area contributed by atoms with Gasteiger partial charge < -0.3 is 5.73 Å². The average Bonchev–Trinajstić information content (AvgIpc) is 2.02. The van der Waals surface area contributed by atoms with Gasteiger partial charge in [0.05, 0.1) is 0 Å². The molecule has 0 radical (unpaired) electrons. The Hall–Kier alpha value is 0.0700. The zero-order valence-electron chi connectivity index (χ0n) is 6.89. The van der Waals surface area contributed by atoms with Gasteiger partial charge in [0, 0.05) is 20.8 Å². The van der Waals surface area contributed by atoms with Gasteiger partial charge in [0.1, 0.15) is 0 Å². The fourth-order valence-electron chi connectivity index (χ4n) is 0.807. The largest absolute Gasteiger partial charge is 0.398 e. The summed E-state index contributed by atoms with van der Waals surface area (Å²) in [6, 6.07) is 5.88. The highest BCUT2D eigenvalue weighted by atomic mass is 79.9. The number of hydrogen-bond acceptors (Lipinski definition) is 2. The predicted octanol–water partition coefficient (Wildman–Crippen LogP) is 4.03. The highest BCUT2D eigenvalue weighted by Gasteiger charge is 2.00. The molecule has 13 heavy (non-hydrogen) atoms. The van der Waals surface area contributed by atoms with Gasteiger partial charge in [-0.1, -0.05) is 38.4 Å². The van der Waals surface area contributed by atoms with Crippen LogP contribution in [0.5, 0.6) is 0 Å². The molecule has 1 nitrogen and oxygen atoms in total. The molecule has 0 aliphatic rings. The molecule has 1 aromatic carbocycles. The van der Waals surface area contributed by atoms with E-state index in [1.807, 2.05) is 18.2 Å². The van der Waals surface area contributed by atoms with Crippen molar-refractivity contribution in [1.29, 1.82) is 0 Å². The number of rotatable bonds is 3. The average molecular weight is 323 g/mol. The molecule has 0 unspecified atom stereocenters. The van der Waals surface area contributed by atoms with Crippen LogP contribution < -0.4 is 5.73 Å². The van der Waals surface area contributed by atoms with E-state index >= 15 is 0 Å². The van der Waals surface area contributed by atoms with E-state index in [9.17, 15) is 0 Å². The van der Waals surface area contributed by atoms with E-state index in [0.29, 0.717) is 0 Å². The zero-order chi connectivity index (χ0) is 9.84. The topological polar surface area (TPSA) is 26.0 Å². The molecular formula is C9H9Br2NS. The van der Waals surface area contributed by atoms with Gasteiger partial charge in [-0.05, 0) is 22.7 Å². The number of thioether (sulfide) groups is 1. The van der Waals surface area contributed by atoms with Gasteiger partial charge in [-0.15, -0.1) is 11.8 Å². The van der Waals surface area contributed by atoms with Crippen molar-refractivity contribution in [3.63, 3.8) is 0 Å². The summed E-state index contributed by atoms with van der Waals surface area (Å²) in [6.45, 7) is 3.76. The first kappa shape index (κ1) is 11.1. The second kappa shape index (κ2) is 5.08.